The lowest BCUT2D eigenvalue weighted by Gasteiger charge is -2.16. The number of aryl methyl sites for hydroxylation is 1. The number of carbonyl (C=O) groups is 2. The van der Waals surface area contributed by atoms with Crippen LogP contribution in [-0.4, -0.2) is 43.5 Å². The van der Waals surface area contributed by atoms with Crippen LogP contribution in [0, 0.1) is 6.92 Å². The molecule has 0 saturated heterocycles. The second-order valence-corrected chi connectivity index (χ2v) is 5.72. The fraction of sp³-hybridized carbons (Fsp3) is 0.467. The molecule has 1 aromatic carbocycles. The van der Waals surface area contributed by atoms with E-state index in [1.165, 1.54) is 0 Å². The SMILES string of the molecule is CCOC(=O)CCN(C)CC(=O)Nc1ccc(Br)cc1C. The quantitative estimate of drug-likeness (QED) is 0.762. The molecule has 1 amide bonds. The first-order valence-corrected chi connectivity index (χ1v) is 7.61. The van der Waals surface area contributed by atoms with Crippen LogP contribution >= 0.6 is 15.9 Å². The van der Waals surface area contributed by atoms with E-state index < -0.39 is 0 Å². The Balaban J connectivity index is 2.40. The molecule has 1 N–H and O–H groups in total. The molecule has 1 rings (SSSR count). The summed E-state index contributed by atoms with van der Waals surface area (Å²) < 4.78 is 5.83. The van der Waals surface area contributed by atoms with Crippen molar-refractivity contribution in [2.24, 2.45) is 0 Å². The van der Waals surface area contributed by atoms with Gasteiger partial charge < -0.3 is 10.1 Å². The number of halogens is 1. The molecule has 0 atom stereocenters. The van der Waals surface area contributed by atoms with E-state index in [9.17, 15) is 9.59 Å². The van der Waals surface area contributed by atoms with Crippen molar-refractivity contribution in [3.63, 3.8) is 0 Å². The number of nitrogens with zero attached hydrogens (tertiary/aromatic N) is 1. The standard InChI is InChI=1S/C15H21BrN2O3/c1-4-21-15(20)7-8-18(3)10-14(19)17-13-6-5-12(16)9-11(13)2/h5-6,9H,4,7-8,10H2,1-3H3,(H,17,19). The Labute approximate surface area is 133 Å². The minimum Gasteiger partial charge on any atom is -0.466 e. The molecule has 0 radical (unpaired) electrons. The smallest absolute Gasteiger partial charge is 0.307 e. The molecule has 116 valence electrons. The van der Waals surface area contributed by atoms with Crippen molar-refractivity contribution in [2.45, 2.75) is 20.3 Å². The molecule has 0 fully saturated rings. The highest BCUT2D eigenvalue weighted by Gasteiger charge is 2.10. The molecular formula is C15H21BrN2O3. The van der Waals surface area contributed by atoms with E-state index in [1.807, 2.05) is 25.1 Å². The number of carbonyl (C=O) groups excluding carboxylic acids is 2. The van der Waals surface area contributed by atoms with Gasteiger partial charge in [-0.15, -0.1) is 0 Å². The number of nitrogens with one attached hydrogen (secondary N) is 1. The highest BCUT2D eigenvalue weighted by molar-refractivity contribution is 9.10. The molecule has 0 aliphatic rings. The third-order valence-electron chi connectivity index (χ3n) is 2.88. The van der Waals surface area contributed by atoms with Crippen LogP contribution < -0.4 is 5.32 Å². The van der Waals surface area contributed by atoms with Crippen LogP contribution in [0.5, 0.6) is 0 Å². The first kappa shape index (κ1) is 17.7. The zero-order valence-corrected chi connectivity index (χ0v) is 14.2. The average molecular weight is 357 g/mol. The molecule has 0 aliphatic heterocycles. The fourth-order valence-corrected chi connectivity index (χ4v) is 2.27. The summed E-state index contributed by atoms with van der Waals surface area (Å²) in [5.41, 5.74) is 1.79. The molecule has 0 unspecified atom stereocenters. The normalized spacial score (nSPS) is 10.5. The van der Waals surface area contributed by atoms with Crippen molar-refractivity contribution in [1.82, 2.24) is 4.90 Å². The number of anilines is 1. The lowest BCUT2D eigenvalue weighted by molar-refractivity contribution is -0.143. The first-order valence-electron chi connectivity index (χ1n) is 6.82. The molecule has 0 spiro atoms. The minimum absolute atomic E-state index is 0.105. The predicted octanol–water partition coefficient (Wildman–Crippen LogP) is 2.58. The number of esters is 1. The third kappa shape index (κ3) is 6.73. The van der Waals surface area contributed by atoms with Crippen molar-refractivity contribution in [3.8, 4) is 0 Å². The van der Waals surface area contributed by atoms with Crippen molar-refractivity contribution in [3.05, 3.63) is 28.2 Å². The van der Waals surface area contributed by atoms with E-state index in [2.05, 4.69) is 21.2 Å². The van der Waals surface area contributed by atoms with Crippen LogP contribution in [-0.2, 0) is 14.3 Å². The maximum atomic E-state index is 11.9. The number of benzene rings is 1. The lowest BCUT2D eigenvalue weighted by atomic mass is 10.2. The van der Waals surface area contributed by atoms with E-state index in [0.29, 0.717) is 13.2 Å². The van der Waals surface area contributed by atoms with Crippen LogP contribution in [0.3, 0.4) is 0 Å². The second-order valence-electron chi connectivity index (χ2n) is 4.80. The monoisotopic (exact) mass is 356 g/mol. The summed E-state index contributed by atoms with van der Waals surface area (Å²) in [6.45, 7) is 4.81. The Morgan fingerprint density at radius 2 is 2.10 bits per heavy atom. The highest BCUT2D eigenvalue weighted by Crippen LogP contribution is 2.19. The molecule has 0 aliphatic carbocycles. The van der Waals surface area contributed by atoms with E-state index in [-0.39, 0.29) is 24.8 Å². The van der Waals surface area contributed by atoms with Gasteiger partial charge in [-0.25, -0.2) is 0 Å². The Morgan fingerprint density at radius 3 is 2.71 bits per heavy atom. The van der Waals surface area contributed by atoms with Gasteiger partial charge in [0.25, 0.3) is 0 Å². The Kier molecular flexibility index (Phi) is 7.39. The van der Waals surface area contributed by atoms with Gasteiger partial charge in [-0.3, -0.25) is 14.5 Å². The Morgan fingerprint density at radius 1 is 1.38 bits per heavy atom. The fourth-order valence-electron chi connectivity index (χ4n) is 1.80. The highest BCUT2D eigenvalue weighted by atomic mass is 79.9. The maximum Gasteiger partial charge on any atom is 0.307 e. The van der Waals surface area contributed by atoms with Crippen LogP contribution in [0.15, 0.2) is 22.7 Å². The first-order chi connectivity index (χ1) is 9.92. The van der Waals surface area contributed by atoms with Gasteiger partial charge >= 0.3 is 5.97 Å². The van der Waals surface area contributed by atoms with Crippen molar-refractivity contribution in [1.29, 1.82) is 0 Å². The summed E-state index contributed by atoms with van der Waals surface area (Å²) in [4.78, 5) is 25.0. The predicted molar refractivity (Wildman–Crippen MR) is 86.3 cm³/mol. The van der Waals surface area contributed by atoms with Gasteiger partial charge in [0.05, 0.1) is 19.6 Å². The van der Waals surface area contributed by atoms with Crippen LogP contribution in [0.4, 0.5) is 5.69 Å². The summed E-state index contributed by atoms with van der Waals surface area (Å²) >= 11 is 3.38. The second kappa shape index (κ2) is 8.79. The largest absolute Gasteiger partial charge is 0.466 e. The Bertz CT molecular complexity index is 506. The Hall–Kier alpha value is -1.40. The third-order valence-corrected chi connectivity index (χ3v) is 3.37. The number of hydrogen-bond donors (Lipinski definition) is 1. The van der Waals surface area contributed by atoms with Gasteiger partial charge in [0, 0.05) is 16.7 Å². The van der Waals surface area contributed by atoms with Crippen LogP contribution in [0.1, 0.15) is 18.9 Å². The van der Waals surface area contributed by atoms with Crippen LogP contribution in [0.25, 0.3) is 0 Å². The van der Waals surface area contributed by atoms with Crippen molar-refractivity contribution in [2.75, 3.05) is 32.1 Å². The summed E-state index contributed by atoms with van der Waals surface area (Å²) in [5.74, 6) is -0.347. The number of hydrogen-bond acceptors (Lipinski definition) is 4. The van der Waals surface area contributed by atoms with Crippen molar-refractivity contribution < 1.29 is 14.3 Å². The van der Waals surface area contributed by atoms with Crippen LogP contribution in [0.2, 0.25) is 0 Å². The lowest BCUT2D eigenvalue weighted by Crippen LogP contribution is -2.32. The average Bonchev–Trinajstić information content (AvgIpc) is 2.40. The summed E-state index contributed by atoms with van der Waals surface area (Å²) in [5, 5.41) is 2.86. The van der Waals surface area contributed by atoms with Gasteiger partial charge in [0.15, 0.2) is 0 Å². The van der Waals surface area contributed by atoms with Gasteiger partial charge in [0.2, 0.25) is 5.91 Å². The molecule has 21 heavy (non-hydrogen) atoms. The molecular weight excluding hydrogens is 336 g/mol. The topological polar surface area (TPSA) is 58.6 Å². The van der Waals surface area contributed by atoms with E-state index >= 15 is 0 Å². The summed E-state index contributed by atoms with van der Waals surface area (Å²) in [7, 11) is 1.80. The molecule has 0 heterocycles. The van der Waals surface area contributed by atoms with E-state index in [4.69, 9.17) is 4.74 Å². The molecule has 0 bridgehead atoms. The van der Waals surface area contributed by atoms with E-state index in [0.717, 1.165) is 15.7 Å². The number of rotatable bonds is 7. The number of likely N-dealkylation sites (N-methyl/N-ethyl adjacent to an activating group) is 1. The van der Waals surface area contributed by atoms with Gasteiger partial charge in [-0.1, -0.05) is 15.9 Å². The number of amides is 1. The number of ether oxygens (including phenoxy) is 1. The van der Waals surface area contributed by atoms with E-state index in [1.54, 1.807) is 18.9 Å². The zero-order chi connectivity index (χ0) is 15.8. The molecule has 5 nitrogen and oxygen atoms in total. The maximum absolute atomic E-state index is 11.9. The van der Waals surface area contributed by atoms with Gasteiger partial charge in [-0.2, -0.15) is 0 Å². The molecule has 1 aromatic rings. The molecule has 0 aromatic heterocycles. The molecule has 6 heteroatoms. The zero-order valence-electron chi connectivity index (χ0n) is 12.6. The summed E-state index contributed by atoms with van der Waals surface area (Å²) in [6, 6.07) is 5.68. The molecule has 0 saturated carbocycles. The minimum atomic E-state index is -0.242. The van der Waals surface area contributed by atoms with Gasteiger partial charge in [0.1, 0.15) is 0 Å². The summed E-state index contributed by atoms with van der Waals surface area (Å²) in [6.07, 6.45) is 0.287. The van der Waals surface area contributed by atoms with Gasteiger partial charge in [-0.05, 0) is 44.7 Å². The van der Waals surface area contributed by atoms with Crippen molar-refractivity contribution >= 4 is 33.5 Å².